The van der Waals surface area contributed by atoms with Gasteiger partial charge in [0.15, 0.2) is 17.3 Å². The molecule has 0 atom stereocenters. The maximum atomic E-state index is 12.6. The van der Waals surface area contributed by atoms with Gasteiger partial charge in [0.2, 0.25) is 6.79 Å². The van der Waals surface area contributed by atoms with Crippen LogP contribution in [0.25, 0.3) is 0 Å². The Bertz CT molecular complexity index is 1080. The molecule has 140 valence electrons. The van der Waals surface area contributed by atoms with Gasteiger partial charge in [-0.2, -0.15) is 5.10 Å². The lowest BCUT2D eigenvalue weighted by Crippen LogP contribution is -2.26. The number of carbonyl (C=O) groups excluding carboxylic acids is 2. The van der Waals surface area contributed by atoms with E-state index in [1.54, 1.807) is 47.5 Å². The first-order valence-electron chi connectivity index (χ1n) is 8.66. The Morgan fingerprint density at radius 3 is 2.86 bits per heavy atom. The van der Waals surface area contributed by atoms with Crippen LogP contribution in [0.1, 0.15) is 32.1 Å². The van der Waals surface area contributed by atoms with Crippen LogP contribution in [0, 0.1) is 0 Å². The molecule has 9 nitrogen and oxygen atoms in total. The van der Waals surface area contributed by atoms with Gasteiger partial charge in [0.1, 0.15) is 5.69 Å². The molecule has 2 amide bonds. The van der Waals surface area contributed by atoms with Crippen molar-refractivity contribution in [2.75, 3.05) is 12.1 Å². The number of carbonyl (C=O) groups is 2. The zero-order chi connectivity index (χ0) is 19.1. The van der Waals surface area contributed by atoms with E-state index >= 15 is 0 Å². The average Bonchev–Trinajstić information content (AvgIpc) is 3.44. The number of ether oxygens (including phenoxy) is 2. The Labute approximate surface area is 159 Å². The fourth-order valence-corrected chi connectivity index (χ4v) is 3.26. The molecule has 28 heavy (non-hydrogen) atoms. The molecule has 0 radical (unpaired) electrons. The van der Waals surface area contributed by atoms with Crippen LogP contribution in [-0.2, 0) is 13.1 Å². The molecule has 5 rings (SSSR count). The summed E-state index contributed by atoms with van der Waals surface area (Å²) >= 11 is 0. The van der Waals surface area contributed by atoms with Crippen molar-refractivity contribution >= 4 is 17.6 Å². The zero-order valence-electron chi connectivity index (χ0n) is 14.6. The third-order valence-corrected chi connectivity index (χ3v) is 4.69. The predicted molar refractivity (Wildman–Crippen MR) is 96.9 cm³/mol. The number of hydrogen-bond acceptors (Lipinski definition) is 6. The van der Waals surface area contributed by atoms with Gasteiger partial charge in [-0.25, -0.2) is 0 Å². The highest BCUT2D eigenvalue weighted by Crippen LogP contribution is 2.33. The first-order chi connectivity index (χ1) is 13.7. The Morgan fingerprint density at radius 1 is 1.11 bits per heavy atom. The SMILES string of the molecule is O=C(Nc1n[nH]c2c1CN(C(=O)c1ccccn1)C2)c1ccc2c(c1)OCO2. The number of aromatic nitrogens is 3. The van der Waals surface area contributed by atoms with Crippen LogP contribution < -0.4 is 14.8 Å². The van der Waals surface area contributed by atoms with E-state index in [9.17, 15) is 9.59 Å². The van der Waals surface area contributed by atoms with Crippen molar-refractivity contribution in [3.63, 3.8) is 0 Å². The number of pyridine rings is 1. The Hall–Kier alpha value is -3.88. The highest BCUT2D eigenvalue weighted by atomic mass is 16.7. The van der Waals surface area contributed by atoms with E-state index in [-0.39, 0.29) is 18.6 Å². The van der Waals surface area contributed by atoms with E-state index in [0.29, 0.717) is 41.7 Å². The highest BCUT2D eigenvalue weighted by Gasteiger charge is 2.30. The Balaban J connectivity index is 1.32. The van der Waals surface area contributed by atoms with Gasteiger partial charge in [0, 0.05) is 17.3 Å². The van der Waals surface area contributed by atoms with E-state index in [0.717, 1.165) is 11.3 Å². The molecule has 9 heteroatoms. The minimum atomic E-state index is -0.317. The van der Waals surface area contributed by atoms with Gasteiger partial charge in [-0.05, 0) is 30.3 Å². The number of rotatable bonds is 3. The fourth-order valence-electron chi connectivity index (χ4n) is 3.26. The van der Waals surface area contributed by atoms with Gasteiger partial charge in [-0.15, -0.1) is 0 Å². The van der Waals surface area contributed by atoms with E-state index in [4.69, 9.17) is 9.47 Å². The summed E-state index contributed by atoms with van der Waals surface area (Å²) in [7, 11) is 0. The molecule has 0 aliphatic carbocycles. The van der Waals surface area contributed by atoms with Gasteiger partial charge in [-0.1, -0.05) is 6.07 Å². The predicted octanol–water partition coefficient (Wildman–Crippen LogP) is 1.94. The average molecular weight is 377 g/mol. The molecule has 0 saturated heterocycles. The molecule has 0 bridgehead atoms. The molecule has 0 unspecified atom stereocenters. The number of aromatic amines is 1. The molecule has 1 aromatic carbocycles. The fraction of sp³-hybridized carbons (Fsp3) is 0.158. The van der Waals surface area contributed by atoms with Crippen LogP contribution in [-0.4, -0.2) is 38.7 Å². The van der Waals surface area contributed by atoms with Crippen molar-refractivity contribution in [3.05, 3.63) is 65.1 Å². The molecule has 2 aliphatic rings. The second-order valence-corrected chi connectivity index (χ2v) is 6.43. The van der Waals surface area contributed by atoms with Crippen LogP contribution in [0.15, 0.2) is 42.6 Å². The lowest BCUT2D eigenvalue weighted by molar-refractivity contribution is 0.0744. The lowest BCUT2D eigenvalue weighted by atomic mass is 10.2. The summed E-state index contributed by atoms with van der Waals surface area (Å²) in [5.41, 5.74) is 2.40. The quantitative estimate of drug-likeness (QED) is 0.722. The third-order valence-electron chi connectivity index (χ3n) is 4.69. The molecular weight excluding hydrogens is 362 g/mol. The number of fused-ring (bicyclic) bond motifs is 2. The number of benzene rings is 1. The summed E-state index contributed by atoms with van der Waals surface area (Å²) < 4.78 is 10.6. The summed E-state index contributed by atoms with van der Waals surface area (Å²) in [5.74, 6) is 1.07. The molecule has 4 heterocycles. The molecule has 0 fully saturated rings. The molecule has 2 aromatic heterocycles. The Morgan fingerprint density at radius 2 is 2.00 bits per heavy atom. The minimum absolute atomic E-state index is 0.146. The molecule has 0 spiro atoms. The second-order valence-electron chi connectivity index (χ2n) is 6.43. The molecule has 0 saturated carbocycles. The standard InChI is InChI=1S/C19H15N5O4/c25-18(11-4-5-15-16(7-11)28-10-27-15)21-17-12-8-24(9-14(12)22-23-17)19(26)13-3-1-2-6-20-13/h1-7H,8-10H2,(H2,21,22,23,25). The number of hydrogen-bond donors (Lipinski definition) is 2. The van der Waals surface area contributed by atoms with Crippen molar-refractivity contribution in [3.8, 4) is 11.5 Å². The van der Waals surface area contributed by atoms with Gasteiger partial charge in [-0.3, -0.25) is 19.7 Å². The van der Waals surface area contributed by atoms with Crippen molar-refractivity contribution in [1.29, 1.82) is 0 Å². The lowest BCUT2D eigenvalue weighted by Gasteiger charge is -2.15. The van der Waals surface area contributed by atoms with Gasteiger partial charge in [0.25, 0.3) is 11.8 Å². The topological polar surface area (TPSA) is 109 Å². The van der Waals surface area contributed by atoms with E-state index in [1.165, 1.54) is 0 Å². The van der Waals surface area contributed by atoms with Crippen LogP contribution in [0.4, 0.5) is 5.82 Å². The van der Waals surface area contributed by atoms with Crippen molar-refractivity contribution < 1.29 is 19.1 Å². The summed E-state index contributed by atoms with van der Waals surface area (Å²) in [4.78, 5) is 30.9. The summed E-state index contributed by atoms with van der Waals surface area (Å²) in [5, 5.41) is 9.87. The number of nitrogens with zero attached hydrogens (tertiary/aromatic N) is 3. The van der Waals surface area contributed by atoms with Crippen LogP contribution in [0.5, 0.6) is 11.5 Å². The van der Waals surface area contributed by atoms with Crippen LogP contribution >= 0.6 is 0 Å². The largest absolute Gasteiger partial charge is 0.454 e. The van der Waals surface area contributed by atoms with Crippen molar-refractivity contribution in [1.82, 2.24) is 20.1 Å². The van der Waals surface area contributed by atoms with Gasteiger partial charge in [0.05, 0.1) is 18.8 Å². The zero-order valence-corrected chi connectivity index (χ0v) is 14.6. The number of amides is 2. The van der Waals surface area contributed by atoms with Crippen molar-refractivity contribution in [2.24, 2.45) is 0 Å². The van der Waals surface area contributed by atoms with E-state index in [1.807, 2.05) is 0 Å². The summed E-state index contributed by atoms with van der Waals surface area (Å²) in [6.45, 7) is 0.878. The number of anilines is 1. The second kappa shape index (κ2) is 6.38. The maximum absolute atomic E-state index is 12.6. The van der Waals surface area contributed by atoms with Gasteiger partial charge < -0.3 is 19.7 Å². The monoisotopic (exact) mass is 377 g/mol. The van der Waals surface area contributed by atoms with Crippen LogP contribution in [0.2, 0.25) is 0 Å². The van der Waals surface area contributed by atoms with Crippen molar-refractivity contribution in [2.45, 2.75) is 13.1 Å². The smallest absolute Gasteiger partial charge is 0.273 e. The third kappa shape index (κ3) is 2.73. The molecule has 2 N–H and O–H groups in total. The Kier molecular flexibility index (Phi) is 3.71. The highest BCUT2D eigenvalue weighted by molar-refractivity contribution is 6.04. The minimum Gasteiger partial charge on any atom is -0.454 e. The summed E-state index contributed by atoms with van der Waals surface area (Å²) in [6, 6.07) is 10.2. The first kappa shape index (κ1) is 16.3. The normalized spacial score (nSPS) is 14.1. The molecule has 3 aromatic rings. The maximum Gasteiger partial charge on any atom is 0.273 e. The van der Waals surface area contributed by atoms with E-state index in [2.05, 4.69) is 20.5 Å². The molecular formula is C19H15N5O4. The number of nitrogens with one attached hydrogen (secondary N) is 2. The summed E-state index contributed by atoms with van der Waals surface area (Å²) in [6.07, 6.45) is 1.58. The number of H-pyrrole nitrogens is 1. The van der Waals surface area contributed by atoms with E-state index < -0.39 is 0 Å². The first-order valence-corrected chi connectivity index (χ1v) is 8.66. The molecule has 2 aliphatic heterocycles. The van der Waals surface area contributed by atoms with Gasteiger partial charge >= 0.3 is 0 Å². The van der Waals surface area contributed by atoms with Crippen LogP contribution in [0.3, 0.4) is 0 Å².